The summed E-state index contributed by atoms with van der Waals surface area (Å²) in [4.78, 5) is 0. The van der Waals surface area contributed by atoms with E-state index in [2.05, 4.69) is 25.9 Å². The number of hydrogen-bond acceptors (Lipinski definition) is 2. The van der Waals surface area contributed by atoms with E-state index in [1.807, 2.05) is 11.7 Å². The molecular formula is C11H21N3. The Balaban J connectivity index is 2.92. The van der Waals surface area contributed by atoms with E-state index in [1.165, 1.54) is 11.3 Å². The van der Waals surface area contributed by atoms with Crippen LogP contribution in [0.5, 0.6) is 0 Å². The lowest BCUT2D eigenvalue weighted by Crippen LogP contribution is -2.04. The molecule has 0 amide bonds. The summed E-state index contributed by atoms with van der Waals surface area (Å²) in [5.41, 5.74) is 9.37. The predicted molar refractivity (Wildman–Crippen MR) is 59.2 cm³/mol. The highest BCUT2D eigenvalue weighted by molar-refractivity contribution is 5.25. The fourth-order valence-corrected chi connectivity index (χ4v) is 1.77. The quantitative estimate of drug-likeness (QED) is 0.790. The lowest BCUT2D eigenvalue weighted by atomic mass is 10.0. The van der Waals surface area contributed by atoms with Crippen molar-refractivity contribution in [2.45, 2.75) is 33.6 Å². The van der Waals surface area contributed by atoms with Gasteiger partial charge in [0.05, 0.1) is 5.69 Å². The first-order chi connectivity index (χ1) is 6.56. The summed E-state index contributed by atoms with van der Waals surface area (Å²) in [5, 5.41) is 4.49. The van der Waals surface area contributed by atoms with Gasteiger partial charge in [-0.15, -0.1) is 0 Å². The van der Waals surface area contributed by atoms with Gasteiger partial charge in [-0.2, -0.15) is 5.10 Å². The number of nitrogens with two attached hydrogens (primary N) is 1. The zero-order valence-electron chi connectivity index (χ0n) is 9.67. The van der Waals surface area contributed by atoms with Crippen molar-refractivity contribution in [1.82, 2.24) is 9.78 Å². The van der Waals surface area contributed by atoms with Gasteiger partial charge in [0.2, 0.25) is 0 Å². The molecule has 0 saturated heterocycles. The maximum Gasteiger partial charge on any atom is 0.0669 e. The van der Waals surface area contributed by atoms with Crippen LogP contribution >= 0.6 is 0 Å². The van der Waals surface area contributed by atoms with Crippen LogP contribution in [0, 0.1) is 12.8 Å². The standard InChI is InChI=1S/C11H21N3/c1-8(2)7-11-9(3)10(5-6-12)13-14(11)4/h8H,5-7,12H2,1-4H3. The van der Waals surface area contributed by atoms with Crippen molar-refractivity contribution in [2.75, 3.05) is 6.54 Å². The molecule has 0 aliphatic carbocycles. The molecule has 0 fully saturated rings. The van der Waals surface area contributed by atoms with Gasteiger partial charge in [-0.1, -0.05) is 13.8 Å². The van der Waals surface area contributed by atoms with Gasteiger partial charge in [0.1, 0.15) is 0 Å². The maximum atomic E-state index is 5.54. The van der Waals surface area contributed by atoms with Crippen LogP contribution in [0.25, 0.3) is 0 Å². The zero-order valence-corrected chi connectivity index (χ0v) is 9.67. The van der Waals surface area contributed by atoms with Crippen LogP contribution in [0.15, 0.2) is 0 Å². The highest BCUT2D eigenvalue weighted by Gasteiger charge is 2.12. The second-order valence-corrected chi connectivity index (χ2v) is 4.28. The van der Waals surface area contributed by atoms with Gasteiger partial charge in [-0.05, 0) is 31.4 Å². The predicted octanol–water partition coefficient (Wildman–Crippen LogP) is 1.43. The smallest absolute Gasteiger partial charge is 0.0669 e. The van der Waals surface area contributed by atoms with Crippen molar-refractivity contribution in [2.24, 2.45) is 18.7 Å². The van der Waals surface area contributed by atoms with Crippen LogP contribution in [-0.4, -0.2) is 16.3 Å². The third-order valence-corrected chi connectivity index (χ3v) is 2.51. The molecular weight excluding hydrogens is 174 g/mol. The molecule has 0 saturated carbocycles. The molecule has 0 unspecified atom stereocenters. The van der Waals surface area contributed by atoms with E-state index in [4.69, 9.17) is 5.73 Å². The van der Waals surface area contributed by atoms with E-state index in [-0.39, 0.29) is 0 Å². The fraction of sp³-hybridized carbons (Fsp3) is 0.727. The molecule has 3 nitrogen and oxygen atoms in total. The van der Waals surface area contributed by atoms with E-state index >= 15 is 0 Å². The molecule has 1 aromatic rings. The van der Waals surface area contributed by atoms with Crippen LogP contribution in [-0.2, 0) is 19.9 Å². The van der Waals surface area contributed by atoms with E-state index in [0.29, 0.717) is 12.5 Å². The Labute approximate surface area is 86.3 Å². The van der Waals surface area contributed by atoms with Gasteiger partial charge >= 0.3 is 0 Å². The molecule has 0 bridgehead atoms. The van der Waals surface area contributed by atoms with E-state index in [1.54, 1.807) is 0 Å². The Morgan fingerprint density at radius 3 is 2.57 bits per heavy atom. The van der Waals surface area contributed by atoms with Gasteiger partial charge in [0.25, 0.3) is 0 Å². The van der Waals surface area contributed by atoms with E-state index in [0.717, 1.165) is 18.5 Å². The Kier molecular flexibility index (Phi) is 3.69. The second-order valence-electron chi connectivity index (χ2n) is 4.28. The molecule has 0 aliphatic heterocycles. The van der Waals surface area contributed by atoms with Gasteiger partial charge in [-0.25, -0.2) is 0 Å². The minimum atomic E-state index is 0.676. The first kappa shape index (κ1) is 11.2. The number of aryl methyl sites for hydroxylation is 1. The van der Waals surface area contributed by atoms with Gasteiger partial charge in [0.15, 0.2) is 0 Å². The van der Waals surface area contributed by atoms with E-state index < -0.39 is 0 Å². The van der Waals surface area contributed by atoms with Crippen LogP contribution in [0.3, 0.4) is 0 Å². The van der Waals surface area contributed by atoms with Crippen LogP contribution < -0.4 is 5.73 Å². The van der Waals surface area contributed by atoms with Gasteiger partial charge in [-0.3, -0.25) is 4.68 Å². The summed E-state index contributed by atoms with van der Waals surface area (Å²) < 4.78 is 2.00. The molecule has 0 atom stereocenters. The van der Waals surface area contributed by atoms with Crippen LogP contribution in [0.1, 0.15) is 30.8 Å². The van der Waals surface area contributed by atoms with Gasteiger partial charge < -0.3 is 5.73 Å². The Morgan fingerprint density at radius 2 is 2.07 bits per heavy atom. The molecule has 0 aliphatic rings. The van der Waals surface area contributed by atoms with Crippen LogP contribution in [0.4, 0.5) is 0 Å². The lowest BCUT2D eigenvalue weighted by Gasteiger charge is -2.06. The first-order valence-electron chi connectivity index (χ1n) is 5.27. The van der Waals surface area contributed by atoms with Crippen molar-refractivity contribution in [1.29, 1.82) is 0 Å². The summed E-state index contributed by atoms with van der Waals surface area (Å²) in [7, 11) is 2.02. The molecule has 3 heteroatoms. The largest absolute Gasteiger partial charge is 0.330 e. The normalized spacial score (nSPS) is 11.3. The number of rotatable bonds is 4. The van der Waals surface area contributed by atoms with Crippen molar-refractivity contribution in [3.8, 4) is 0 Å². The average molecular weight is 195 g/mol. The second kappa shape index (κ2) is 4.60. The minimum absolute atomic E-state index is 0.676. The van der Waals surface area contributed by atoms with Crippen molar-refractivity contribution >= 4 is 0 Å². The SMILES string of the molecule is Cc1c(CCN)nn(C)c1CC(C)C. The number of aromatic nitrogens is 2. The Hall–Kier alpha value is -0.830. The molecule has 2 N–H and O–H groups in total. The highest BCUT2D eigenvalue weighted by Crippen LogP contribution is 2.16. The fourth-order valence-electron chi connectivity index (χ4n) is 1.77. The molecule has 80 valence electrons. The molecule has 1 aromatic heterocycles. The highest BCUT2D eigenvalue weighted by atomic mass is 15.3. The van der Waals surface area contributed by atoms with Crippen molar-refractivity contribution in [3.63, 3.8) is 0 Å². The number of hydrogen-bond donors (Lipinski definition) is 1. The zero-order chi connectivity index (χ0) is 10.7. The first-order valence-corrected chi connectivity index (χ1v) is 5.27. The Morgan fingerprint density at radius 1 is 1.43 bits per heavy atom. The molecule has 1 heterocycles. The summed E-state index contributed by atoms with van der Waals surface area (Å²) in [6.07, 6.45) is 1.98. The topological polar surface area (TPSA) is 43.8 Å². The third kappa shape index (κ3) is 2.35. The van der Waals surface area contributed by atoms with Gasteiger partial charge in [0, 0.05) is 19.2 Å². The summed E-state index contributed by atoms with van der Waals surface area (Å²) in [5.74, 6) is 0.676. The third-order valence-electron chi connectivity index (χ3n) is 2.51. The van der Waals surface area contributed by atoms with Crippen molar-refractivity contribution in [3.05, 3.63) is 17.0 Å². The monoisotopic (exact) mass is 195 g/mol. The van der Waals surface area contributed by atoms with Crippen LogP contribution in [0.2, 0.25) is 0 Å². The lowest BCUT2D eigenvalue weighted by molar-refractivity contribution is 0.592. The van der Waals surface area contributed by atoms with Crippen molar-refractivity contribution < 1.29 is 0 Å². The van der Waals surface area contributed by atoms with E-state index in [9.17, 15) is 0 Å². The molecule has 0 radical (unpaired) electrons. The summed E-state index contributed by atoms with van der Waals surface area (Å²) >= 11 is 0. The molecule has 1 rings (SSSR count). The molecule has 0 spiro atoms. The minimum Gasteiger partial charge on any atom is -0.330 e. The summed E-state index contributed by atoms with van der Waals surface area (Å²) in [6, 6.07) is 0. The molecule has 0 aromatic carbocycles. The number of nitrogens with zero attached hydrogens (tertiary/aromatic N) is 2. The Bertz CT molecular complexity index is 300. The average Bonchev–Trinajstić information content (AvgIpc) is 2.33. The maximum absolute atomic E-state index is 5.54. The molecule has 14 heavy (non-hydrogen) atoms. The summed E-state index contributed by atoms with van der Waals surface area (Å²) in [6.45, 7) is 7.29.